The van der Waals surface area contributed by atoms with E-state index in [9.17, 15) is 9.59 Å². The van der Waals surface area contributed by atoms with Gasteiger partial charge in [0.1, 0.15) is 6.54 Å². The van der Waals surface area contributed by atoms with Crippen molar-refractivity contribution in [1.82, 2.24) is 9.80 Å². The topological polar surface area (TPSA) is 60.9 Å². The van der Waals surface area contributed by atoms with Gasteiger partial charge in [-0.25, -0.2) is 4.79 Å². The largest absolute Gasteiger partial charge is 0.480 e. The Kier molecular flexibility index (Phi) is 4.71. The number of carboxylic acids is 1. The number of aryl methyl sites for hydroxylation is 1. The van der Waals surface area contributed by atoms with Gasteiger partial charge in [-0.3, -0.25) is 4.79 Å². The molecule has 2 amide bonds. The number of aliphatic carboxylic acids is 1. The summed E-state index contributed by atoms with van der Waals surface area (Å²) in [6, 6.07) is 7.56. The Morgan fingerprint density at radius 2 is 1.67 bits per heavy atom. The van der Waals surface area contributed by atoms with E-state index in [-0.39, 0.29) is 12.6 Å². The number of hydrogen-bond acceptors (Lipinski definition) is 2. The van der Waals surface area contributed by atoms with Crippen LogP contribution in [0.25, 0.3) is 0 Å². The first-order valence-electron chi connectivity index (χ1n) is 5.63. The van der Waals surface area contributed by atoms with Crippen LogP contribution in [0.15, 0.2) is 24.3 Å². The van der Waals surface area contributed by atoms with E-state index in [1.54, 1.807) is 7.05 Å². The van der Waals surface area contributed by atoms with Gasteiger partial charge in [-0.1, -0.05) is 29.8 Å². The van der Waals surface area contributed by atoms with Gasteiger partial charge in [0, 0.05) is 20.6 Å². The second kappa shape index (κ2) is 6.05. The number of urea groups is 1. The second-order valence-electron chi connectivity index (χ2n) is 4.37. The molecule has 5 heteroatoms. The van der Waals surface area contributed by atoms with Crippen LogP contribution in [-0.4, -0.2) is 47.5 Å². The lowest BCUT2D eigenvalue weighted by molar-refractivity contribution is -0.137. The molecule has 1 N–H and O–H groups in total. The van der Waals surface area contributed by atoms with Gasteiger partial charge in [-0.2, -0.15) is 0 Å². The van der Waals surface area contributed by atoms with Gasteiger partial charge in [0.25, 0.3) is 0 Å². The molecule has 18 heavy (non-hydrogen) atoms. The van der Waals surface area contributed by atoms with E-state index < -0.39 is 5.97 Å². The standard InChI is InChI=1S/C13H18N2O3/c1-10-4-6-11(7-5-10)8-14(2)13(18)15(3)9-12(16)17/h4-7H,8-9H2,1-3H3,(H,16,17). The minimum atomic E-state index is -1.02. The number of carbonyl (C=O) groups is 2. The Labute approximate surface area is 107 Å². The van der Waals surface area contributed by atoms with Gasteiger partial charge >= 0.3 is 12.0 Å². The van der Waals surface area contributed by atoms with Gasteiger partial charge in [-0.05, 0) is 12.5 Å². The summed E-state index contributed by atoms with van der Waals surface area (Å²) < 4.78 is 0. The van der Waals surface area contributed by atoms with Crippen molar-refractivity contribution < 1.29 is 14.7 Å². The number of benzene rings is 1. The minimum absolute atomic E-state index is 0.295. The van der Waals surface area contributed by atoms with Crippen molar-refractivity contribution in [3.63, 3.8) is 0 Å². The Morgan fingerprint density at radius 1 is 1.11 bits per heavy atom. The molecule has 98 valence electrons. The zero-order valence-corrected chi connectivity index (χ0v) is 10.9. The third-order valence-electron chi connectivity index (χ3n) is 2.57. The van der Waals surface area contributed by atoms with E-state index in [2.05, 4.69) is 0 Å². The van der Waals surface area contributed by atoms with Crippen LogP contribution in [0.5, 0.6) is 0 Å². The number of likely N-dealkylation sites (N-methyl/N-ethyl adjacent to an activating group) is 1. The first kappa shape index (κ1) is 14.0. The molecule has 0 bridgehead atoms. The van der Waals surface area contributed by atoms with Crippen molar-refractivity contribution >= 4 is 12.0 Å². The molecule has 0 aliphatic rings. The normalized spacial score (nSPS) is 9.94. The fourth-order valence-electron chi connectivity index (χ4n) is 1.60. The highest BCUT2D eigenvalue weighted by Crippen LogP contribution is 2.07. The van der Waals surface area contributed by atoms with E-state index in [4.69, 9.17) is 5.11 Å². The predicted octanol–water partition coefficient (Wildman–Crippen LogP) is 1.56. The first-order valence-corrected chi connectivity index (χ1v) is 5.63. The van der Waals surface area contributed by atoms with Crippen LogP contribution in [0, 0.1) is 6.92 Å². The molecule has 0 aromatic heterocycles. The highest BCUT2D eigenvalue weighted by Gasteiger charge is 2.16. The molecule has 0 aliphatic heterocycles. The van der Waals surface area contributed by atoms with E-state index in [1.807, 2.05) is 31.2 Å². The molecule has 5 nitrogen and oxygen atoms in total. The van der Waals surface area contributed by atoms with Gasteiger partial charge < -0.3 is 14.9 Å². The van der Waals surface area contributed by atoms with E-state index in [1.165, 1.54) is 16.8 Å². The summed E-state index contributed by atoms with van der Waals surface area (Å²) in [6.45, 7) is 2.17. The summed E-state index contributed by atoms with van der Waals surface area (Å²) in [6.07, 6.45) is 0. The monoisotopic (exact) mass is 250 g/mol. The van der Waals surface area contributed by atoms with Gasteiger partial charge in [0.2, 0.25) is 0 Å². The molecule has 1 aromatic carbocycles. The fourth-order valence-corrected chi connectivity index (χ4v) is 1.60. The predicted molar refractivity (Wildman–Crippen MR) is 68.3 cm³/mol. The molecule has 0 aliphatic carbocycles. The van der Waals surface area contributed by atoms with Crippen molar-refractivity contribution in [3.05, 3.63) is 35.4 Å². The lowest BCUT2D eigenvalue weighted by Gasteiger charge is -2.23. The molecule has 0 saturated carbocycles. The van der Waals surface area contributed by atoms with Crippen LogP contribution in [0.1, 0.15) is 11.1 Å². The number of rotatable bonds is 4. The molecular weight excluding hydrogens is 232 g/mol. The smallest absolute Gasteiger partial charge is 0.323 e. The maximum atomic E-state index is 11.8. The molecule has 0 heterocycles. The summed E-state index contributed by atoms with van der Waals surface area (Å²) >= 11 is 0. The van der Waals surface area contributed by atoms with Gasteiger partial charge in [-0.15, -0.1) is 0 Å². The Morgan fingerprint density at radius 3 is 2.17 bits per heavy atom. The molecule has 0 fully saturated rings. The average Bonchev–Trinajstić information content (AvgIpc) is 2.30. The third-order valence-corrected chi connectivity index (χ3v) is 2.57. The first-order chi connectivity index (χ1) is 8.40. The number of carbonyl (C=O) groups excluding carboxylic acids is 1. The Hall–Kier alpha value is -2.04. The quantitative estimate of drug-likeness (QED) is 0.882. The molecular formula is C13H18N2O3. The zero-order valence-electron chi connectivity index (χ0n) is 10.9. The molecule has 0 radical (unpaired) electrons. The lowest BCUT2D eigenvalue weighted by Crippen LogP contribution is -2.40. The van der Waals surface area contributed by atoms with E-state index in [0.29, 0.717) is 6.54 Å². The highest BCUT2D eigenvalue weighted by molar-refractivity contribution is 5.79. The van der Waals surface area contributed by atoms with Gasteiger partial charge in [0.05, 0.1) is 0 Å². The van der Waals surface area contributed by atoms with Crippen molar-refractivity contribution in [2.75, 3.05) is 20.6 Å². The fraction of sp³-hybridized carbons (Fsp3) is 0.385. The zero-order chi connectivity index (χ0) is 13.7. The van der Waals surface area contributed by atoms with Crippen LogP contribution >= 0.6 is 0 Å². The SMILES string of the molecule is Cc1ccc(CN(C)C(=O)N(C)CC(=O)O)cc1. The van der Waals surface area contributed by atoms with Crippen molar-refractivity contribution in [2.24, 2.45) is 0 Å². The van der Waals surface area contributed by atoms with Crippen LogP contribution in [0.2, 0.25) is 0 Å². The van der Waals surface area contributed by atoms with Crippen molar-refractivity contribution in [1.29, 1.82) is 0 Å². The molecule has 0 saturated heterocycles. The van der Waals surface area contributed by atoms with Gasteiger partial charge in [0.15, 0.2) is 0 Å². The third kappa shape index (κ3) is 4.08. The van der Waals surface area contributed by atoms with Crippen LogP contribution in [0.4, 0.5) is 4.79 Å². The summed E-state index contributed by atoms with van der Waals surface area (Å²) in [5, 5.41) is 8.62. The highest BCUT2D eigenvalue weighted by atomic mass is 16.4. The number of amides is 2. The summed E-state index contributed by atoms with van der Waals surface area (Å²) in [7, 11) is 3.13. The van der Waals surface area contributed by atoms with Crippen molar-refractivity contribution in [2.45, 2.75) is 13.5 Å². The average molecular weight is 250 g/mol. The van der Waals surface area contributed by atoms with Crippen LogP contribution in [-0.2, 0) is 11.3 Å². The van der Waals surface area contributed by atoms with Crippen molar-refractivity contribution in [3.8, 4) is 0 Å². The summed E-state index contributed by atoms with van der Waals surface area (Å²) in [5.41, 5.74) is 2.18. The second-order valence-corrected chi connectivity index (χ2v) is 4.37. The number of carboxylic acid groups (broad SMARTS) is 1. The Bertz CT molecular complexity index is 428. The van der Waals surface area contributed by atoms with Crippen LogP contribution < -0.4 is 0 Å². The molecule has 0 spiro atoms. The lowest BCUT2D eigenvalue weighted by atomic mass is 10.1. The minimum Gasteiger partial charge on any atom is -0.480 e. The number of nitrogens with zero attached hydrogens (tertiary/aromatic N) is 2. The molecule has 1 rings (SSSR count). The van der Waals surface area contributed by atoms with E-state index in [0.717, 1.165) is 11.1 Å². The van der Waals surface area contributed by atoms with Crippen LogP contribution in [0.3, 0.4) is 0 Å². The maximum absolute atomic E-state index is 11.8. The summed E-state index contributed by atoms with van der Waals surface area (Å²) in [4.78, 5) is 25.0. The summed E-state index contributed by atoms with van der Waals surface area (Å²) in [5.74, 6) is -1.02. The molecule has 0 atom stereocenters. The van der Waals surface area contributed by atoms with E-state index >= 15 is 0 Å². The Balaban J connectivity index is 2.59. The molecule has 0 unspecified atom stereocenters. The molecule has 1 aromatic rings. The maximum Gasteiger partial charge on any atom is 0.323 e. The number of hydrogen-bond donors (Lipinski definition) is 1.